The van der Waals surface area contributed by atoms with Gasteiger partial charge in [-0.15, -0.1) is 12.4 Å². The van der Waals surface area contributed by atoms with E-state index in [0.29, 0.717) is 31.9 Å². The van der Waals surface area contributed by atoms with Gasteiger partial charge in [-0.2, -0.15) is 0 Å². The van der Waals surface area contributed by atoms with Crippen LogP contribution in [0.5, 0.6) is 5.75 Å². The topological polar surface area (TPSA) is 111 Å². The third-order valence-electron chi connectivity index (χ3n) is 2.79. The number of amides is 1. The lowest BCUT2D eigenvalue weighted by molar-refractivity contribution is -0.120. The van der Waals surface area contributed by atoms with Gasteiger partial charge in [0.05, 0.1) is 11.5 Å². The number of hydrogen-bond acceptors (Lipinski definition) is 5. The fraction of sp³-hybridized carbons (Fsp3) is 0.500. The maximum Gasteiger partial charge on any atom is 0.240 e. The Bertz CT molecular complexity index is 564. The molecule has 0 radical (unpaired) electrons. The van der Waals surface area contributed by atoms with Gasteiger partial charge >= 0.3 is 0 Å². The van der Waals surface area contributed by atoms with Crippen molar-refractivity contribution in [2.24, 2.45) is 5.73 Å². The normalized spacial score (nSPS) is 10.7. The van der Waals surface area contributed by atoms with Gasteiger partial charge < -0.3 is 15.8 Å². The van der Waals surface area contributed by atoms with Crippen molar-refractivity contribution in [3.05, 3.63) is 24.3 Å². The number of nitrogens with one attached hydrogen (secondary N) is 2. The number of hydrogen-bond donors (Lipinski definition) is 3. The van der Waals surface area contributed by atoms with Crippen molar-refractivity contribution in [2.75, 3.05) is 26.2 Å². The van der Waals surface area contributed by atoms with E-state index in [9.17, 15) is 13.2 Å². The molecule has 1 aromatic carbocycles. The van der Waals surface area contributed by atoms with Gasteiger partial charge in [0.1, 0.15) is 5.75 Å². The van der Waals surface area contributed by atoms with E-state index in [4.69, 9.17) is 10.5 Å². The first-order valence-corrected chi connectivity index (χ1v) is 8.67. The highest BCUT2D eigenvalue weighted by molar-refractivity contribution is 7.89. The fourth-order valence-electron chi connectivity index (χ4n) is 1.68. The van der Waals surface area contributed by atoms with Crippen molar-refractivity contribution in [1.82, 2.24) is 10.0 Å². The molecule has 132 valence electrons. The summed E-state index contributed by atoms with van der Waals surface area (Å²) in [6, 6.07) is 6.12. The molecule has 0 atom stereocenters. The lowest BCUT2D eigenvalue weighted by Crippen LogP contribution is -2.31. The molecule has 9 heteroatoms. The Morgan fingerprint density at radius 2 is 1.87 bits per heavy atom. The van der Waals surface area contributed by atoms with Crippen LogP contribution in [0, 0.1) is 0 Å². The van der Waals surface area contributed by atoms with Crippen LogP contribution in [-0.2, 0) is 14.8 Å². The van der Waals surface area contributed by atoms with E-state index in [1.54, 1.807) is 12.1 Å². The Balaban J connectivity index is 0.00000484. The Morgan fingerprint density at radius 1 is 1.22 bits per heavy atom. The molecule has 4 N–H and O–H groups in total. The van der Waals surface area contributed by atoms with E-state index >= 15 is 0 Å². The minimum absolute atomic E-state index is 0. The van der Waals surface area contributed by atoms with E-state index in [2.05, 4.69) is 10.0 Å². The van der Waals surface area contributed by atoms with Crippen molar-refractivity contribution < 1.29 is 17.9 Å². The summed E-state index contributed by atoms with van der Waals surface area (Å²) >= 11 is 0. The number of carbonyl (C=O) groups excluding carboxylic acids is 1. The van der Waals surface area contributed by atoms with E-state index in [0.717, 1.165) is 0 Å². The maximum absolute atomic E-state index is 12.0. The summed E-state index contributed by atoms with van der Waals surface area (Å²) in [4.78, 5) is 11.6. The zero-order chi connectivity index (χ0) is 16.4. The van der Waals surface area contributed by atoms with Crippen molar-refractivity contribution in [3.63, 3.8) is 0 Å². The minimum Gasteiger partial charge on any atom is -0.494 e. The summed E-state index contributed by atoms with van der Waals surface area (Å²) in [6.07, 6.45) is 0.782. The zero-order valence-corrected chi connectivity index (χ0v) is 14.7. The molecule has 0 aliphatic rings. The van der Waals surface area contributed by atoms with E-state index in [1.165, 1.54) is 12.1 Å². The SMILES string of the molecule is CCOc1ccc(S(=O)(=O)NCCC(=O)NCCCN)cc1.Cl. The third-order valence-corrected chi connectivity index (χ3v) is 4.27. The molecule has 0 bridgehead atoms. The third kappa shape index (κ3) is 8.17. The number of ether oxygens (including phenoxy) is 1. The van der Waals surface area contributed by atoms with Crippen LogP contribution < -0.4 is 20.5 Å². The summed E-state index contributed by atoms with van der Waals surface area (Å²) in [5.41, 5.74) is 5.31. The Labute approximate surface area is 143 Å². The van der Waals surface area contributed by atoms with Gasteiger partial charge in [0.2, 0.25) is 15.9 Å². The summed E-state index contributed by atoms with van der Waals surface area (Å²) in [5.74, 6) is 0.406. The van der Waals surface area contributed by atoms with Gasteiger partial charge in [0.25, 0.3) is 0 Å². The monoisotopic (exact) mass is 365 g/mol. The first kappa shape index (κ1) is 21.6. The molecule has 1 amide bonds. The van der Waals surface area contributed by atoms with Crippen molar-refractivity contribution in [3.8, 4) is 5.75 Å². The van der Waals surface area contributed by atoms with Gasteiger partial charge in [0, 0.05) is 19.5 Å². The number of sulfonamides is 1. The summed E-state index contributed by atoms with van der Waals surface area (Å²) in [5, 5.41) is 2.66. The molecule has 0 saturated carbocycles. The lowest BCUT2D eigenvalue weighted by Gasteiger charge is -2.08. The maximum atomic E-state index is 12.0. The highest BCUT2D eigenvalue weighted by atomic mass is 35.5. The molecular formula is C14H24ClN3O4S. The first-order chi connectivity index (χ1) is 10.5. The standard InChI is InChI=1S/C14H23N3O4S.ClH/c1-2-21-12-4-6-13(7-5-12)22(19,20)17-11-8-14(18)16-10-3-9-15;/h4-7,17H,2-3,8-11,15H2,1H3,(H,16,18);1H. The van der Waals surface area contributed by atoms with Crippen LogP contribution in [0.4, 0.5) is 0 Å². The molecule has 0 fully saturated rings. The Hall–Kier alpha value is -1.35. The summed E-state index contributed by atoms with van der Waals surface area (Å²) < 4.78 is 31.7. The number of halogens is 1. The van der Waals surface area contributed by atoms with Crippen molar-refractivity contribution in [1.29, 1.82) is 0 Å². The molecule has 23 heavy (non-hydrogen) atoms. The quantitative estimate of drug-likeness (QED) is 0.527. The minimum atomic E-state index is -3.62. The molecule has 0 aromatic heterocycles. The molecule has 0 aliphatic carbocycles. The van der Waals surface area contributed by atoms with E-state index < -0.39 is 10.0 Å². The number of rotatable bonds is 10. The van der Waals surface area contributed by atoms with Crippen LogP contribution >= 0.6 is 12.4 Å². The van der Waals surface area contributed by atoms with Crippen LogP contribution in [0.25, 0.3) is 0 Å². The Morgan fingerprint density at radius 3 is 2.43 bits per heavy atom. The molecule has 0 aliphatic heterocycles. The fourth-order valence-corrected chi connectivity index (χ4v) is 2.71. The second kappa shape index (κ2) is 11.2. The smallest absolute Gasteiger partial charge is 0.240 e. The number of nitrogens with two attached hydrogens (primary N) is 1. The average Bonchev–Trinajstić information content (AvgIpc) is 2.48. The van der Waals surface area contributed by atoms with Crippen molar-refractivity contribution >= 4 is 28.3 Å². The second-order valence-electron chi connectivity index (χ2n) is 4.54. The van der Waals surface area contributed by atoms with Crippen LogP contribution in [0.1, 0.15) is 19.8 Å². The molecule has 0 heterocycles. The Kier molecular flexibility index (Phi) is 10.6. The van der Waals surface area contributed by atoms with Gasteiger partial charge in [-0.05, 0) is 44.2 Å². The summed E-state index contributed by atoms with van der Waals surface area (Å²) in [6.45, 7) is 3.42. The van der Waals surface area contributed by atoms with E-state index in [-0.39, 0.29) is 36.2 Å². The molecule has 1 aromatic rings. The predicted octanol–water partition coefficient (Wildman–Crippen LogP) is 0.641. The molecule has 0 saturated heterocycles. The molecular weight excluding hydrogens is 342 g/mol. The molecule has 0 spiro atoms. The van der Waals surface area contributed by atoms with Gasteiger partial charge in [-0.1, -0.05) is 0 Å². The predicted molar refractivity (Wildman–Crippen MR) is 91.3 cm³/mol. The van der Waals surface area contributed by atoms with Crippen LogP contribution in [0.2, 0.25) is 0 Å². The van der Waals surface area contributed by atoms with Gasteiger partial charge in [-0.25, -0.2) is 13.1 Å². The summed E-state index contributed by atoms with van der Waals surface area (Å²) in [7, 11) is -3.62. The average molecular weight is 366 g/mol. The largest absolute Gasteiger partial charge is 0.494 e. The van der Waals surface area contributed by atoms with Crippen LogP contribution in [0.15, 0.2) is 29.2 Å². The van der Waals surface area contributed by atoms with Gasteiger partial charge in [-0.3, -0.25) is 4.79 Å². The lowest BCUT2D eigenvalue weighted by atomic mass is 10.3. The zero-order valence-electron chi connectivity index (χ0n) is 13.1. The molecule has 7 nitrogen and oxygen atoms in total. The second-order valence-corrected chi connectivity index (χ2v) is 6.31. The van der Waals surface area contributed by atoms with Crippen LogP contribution in [0.3, 0.4) is 0 Å². The van der Waals surface area contributed by atoms with Gasteiger partial charge in [0.15, 0.2) is 0 Å². The number of benzene rings is 1. The highest BCUT2D eigenvalue weighted by Gasteiger charge is 2.14. The van der Waals surface area contributed by atoms with Crippen LogP contribution in [-0.4, -0.2) is 40.6 Å². The molecule has 0 unspecified atom stereocenters. The first-order valence-electron chi connectivity index (χ1n) is 7.19. The van der Waals surface area contributed by atoms with E-state index in [1.807, 2.05) is 6.92 Å². The highest BCUT2D eigenvalue weighted by Crippen LogP contribution is 2.15. The molecule has 1 rings (SSSR count). The number of carbonyl (C=O) groups is 1. The van der Waals surface area contributed by atoms with Crippen molar-refractivity contribution in [2.45, 2.75) is 24.7 Å².